The molecule has 0 atom stereocenters. The average molecular weight is 356 g/mol. The Balaban J connectivity index is 0.00000144. The van der Waals surface area contributed by atoms with Gasteiger partial charge >= 0.3 is 23.1 Å². The summed E-state index contributed by atoms with van der Waals surface area (Å²) in [6.07, 6.45) is 0. The molecule has 5 heteroatoms. The van der Waals surface area contributed by atoms with Gasteiger partial charge in [0.15, 0.2) is 0 Å². The van der Waals surface area contributed by atoms with E-state index < -0.39 is 0 Å². The Bertz CT molecular complexity index is 480. The first-order valence-electron chi connectivity index (χ1n) is 4.79. The van der Waals surface area contributed by atoms with Crippen molar-refractivity contribution in [3.05, 3.63) is 64.1 Å². The fourth-order valence-corrected chi connectivity index (χ4v) is 1.62. The standard InChI is InChI=1S/C13H9Cl2O.BrH.Mg/c14-11-7-4-8-12(13(11)15)16-9-10-5-2-1-3-6-10;;/h1-2,4-8H,9H2;1H;/q-1;;+2/p-1. The Morgan fingerprint density at radius 3 is 2.56 bits per heavy atom. The predicted molar refractivity (Wildman–Crippen MR) is 71.8 cm³/mol. The number of benzene rings is 2. The van der Waals surface area contributed by atoms with Gasteiger partial charge in [0, 0.05) is 0 Å². The fourth-order valence-electron chi connectivity index (χ4n) is 1.28. The van der Waals surface area contributed by atoms with Crippen LogP contribution in [-0.2, 0) is 6.61 Å². The summed E-state index contributed by atoms with van der Waals surface area (Å²) >= 11 is 11.9. The van der Waals surface area contributed by atoms with Gasteiger partial charge < -0.3 is 21.7 Å². The van der Waals surface area contributed by atoms with Crippen LogP contribution in [0.2, 0.25) is 10.0 Å². The molecule has 0 saturated carbocycles. The molecule has 0 bridgehead atoms. The van der Waals surface area contributed by atoms with E-state index in [0.29, 0.717) is 22.4 Å². The molecule has 0 radical (unpaired) electrons. The second-order valence-electron chi connectivity index (χ2n) is 3.25. The van der Waals surface area contributed by atoms with Crippen molar-refractivity contribution < 1.29 is 21.7 Å². The van der Waals surface area contributed by atoms with Crippen LogP contribution in [0.1, 0.15) is 5.56 Å². The molecule has 0 aromatic heterocycles. The van der Waals surface area contributed by atoms with Crippen molar-refractivity contribution in [3.63, 3.8) is 0 Å². The first kappa shape index (κ1) is 18.1. The van der Waals surface area contributed by atoms with Gasteiger partial charge in [-0.3, -0.25) is 0 Å². The smallest absolute Gasteiger partial charge is 1.00 e. The first-order valence-corrected chi connectivity index (χ1v) is 5.55. The fraction of sp³-hybridized carbons (Fsp3) is 0.0769. The molecule has 0 heterocycles. The maximum absolute atomic E-state index is 5.99. The van der Waals surface area contributed by atoms with Crippen molar-refractivity contribution in [2.24, 2.45) is 0 Å². The molecule has 2 rings (SSSR count). The van der Waals surface area contributed by atoms with Gasteiger partial charge in [-0.05, 0) is 12.1 Å². The minimum absolute atomic E-state index is 0. The quantitative estimate of drug-likeness (QED) is 0.589. The minimum atomic E-state index is 0. The van der Waals surface area contributed by atoms with Gasteiger partial charge in [0.05, 0.1) is 11.6 Å². The molecular weight excluding hydrogens is 347 g/mol. The summed E-state index contributed by atoms with van der Waals surface area (Å²) in [4.78, 5) is 0. The Kier molecular flexibility index (Phi) is 9.08. The van der Waals surface area contributed by atoms with Gasteiger partial charge in [-0.25, -0.2) is 0 Å². The molecule has 0 saturated heterocycles. The zero-order valence-electron chi connectivity index (χ0n) is 9.50. The van der Waals surface area contributed by atoms with Crippen LogP contribution >= 0.6 is 23.2 Å². The number of hydrogen-bond donors (Lipinski definition) is 0. The third kappa shape index (κ3) is 4.98. The average Bonchev–Trinajstić information content (AvgIpc) is 2.32. The minimum Gasteiger partial charge on any atom is -1.00 e. The Morgan fingerprint density at radius 2 is 1.89 bits per heavy atom. The van der Waals surface area contributed by atoms with E-state index in [0.717, 1.165) is 5.56 Å². The van der Waals surface area contributed by atoms with Crippen LogP contribution in [0, 0.1) is 6.07 Å². The van der Waals surface area contributed by atoms with E-state index in [1.165, 1.54) is 0 Å². The van der Waals surface area contributed by atoms with Gasteiger partial charge in [0.1, 0.15) is 10.8 Å². The van der Waals surface area contributed by atoms with Crippen LogP contribution in [-0.4, -0.2) is 23.1 Å². The van der Waals surface area contributed by atoms with Crippen LogP contribution in [0.5, 0.6) is 5.75 Å². The molecule has 2 aromatic rings. The third-order valence-corrected chi connectivity index (χ3v) is 2.88. The first-order chi connectivity index (χ1) is 7.77. The summed E-state index contributed by atoms with van der Waals surface area (Å²) in [6.45, 7) is 0.456. The van der Waals surface area contributed by atoms with Gasteiger partial charge in [-0.2, -0.15) is 30.3 Å². The van der Waals surface area contributed by atoms with Crippen LogP contribution in [0.15, 0.2) is 42.5 Å². The van der Waals surface area contributed by atoms with Gasteiger partial charge in [0.2, 0.25) is 0 Å². The molecule has 18 heavy (non-hydrogen) atoms. The van der Waals surface area contributed by atoms with Gasteiger partial charge in [-0.1, -0.05) is 29.3 Å². The normalized spacial score (nSPS) is 9.00. The molecule has 0 aliphatic rings. The molecule has 0 N–H and O–H groups in total. The summed E-state index contributed by atoms with van der Waals surface area (Å²) in [5, 5.41) is 0.947. The van der Waals surface area contributed by atoms with Crippen LogP contribution in [0.3, 0.4) is 0 Å². The number of ether oxygens (including phenoxy) is 1. The SMILES string of the molecule is Clc1cccc(OCc2c[c-]ccc2)c1Cl.[Br-].[Mg+2]. The molecule has 90 valence electrons. The molecule has 0 amide bonds. The molecule has 2 aromatic carbocycles. The molecule has 0 aliphatic heterocycles. The number of hydrogen-bond acceptors (Lipinski definition) is 1. The van der Waals surface area contributed by atoms with E-state index in [9.17, 15) is 0 Å². The van der Waals surface area contributed by atoms with E-state index in [2.05, 4.69) is 6.07 Å². The molecule has 0 fully saturated rings. The van der Waals surface area contributed by atoms with Gasteiger partial charge in [0.25, 0.3) is 0 Å². The maximum Gasteiger partial charge on any atom is 2.00 e. The van der Waals surface area contributed by atoms with Gasteiger partial charge in [-0.15, -0.1) is 5.56 Å². The second-order valence-corrected chi connectivity index (χ2v) is 4.04. The largest absolute Gasteiger partial charge is 2.00 e. The Morgan fingerprint density at radius 1 is 1.11 bits per heavy atom. The molecular formula is C13H9BrCl2MgO. The van der Waals surface area contributed by atoms with E-state index in [1.807, 2.05) is 24.3 Å². The zero-order valence-corrected chi connectivity index (χ0v) is 14.0. The summed E-state index contributed by atoms with van der Waals surface area (Å²) in [7, 11) is 0. The van der Waals surface area contributed by atoms with Crippen LogP contribution in [0.25, 0.3) is 0 Å². The summed E-state index contributed by atoms with van der Waals surface area (Å²) in [6, 6.07) is 15.9. The van der Waals surface area contributed by atoms with E-state index in [4.69, 9.17) is 27.9 Å². The van der Waals surface area contributed by atoms with Crippen LogP contribution in [0.4, 0.5) is 0 Å². The van der Waals surface area contributed by atoms with Crippen molar-refractivity contribution in [1.82, 2.24) is 0 Å². The van der Waals surface area contributed by atoms with Crippen molar-refractivity contribution in [2.45, 2.75) is 6.61 Å². The van der Waals surface area contributed by atoms with E-state index in [1.54, 1.807) is 18.2 Å². The maximum atomic E-state index is 5.99. The van der Waals surface area contributed by atoms with Crippen molar-refractivity contribution >= 4 is 46.3 Å². The molecule has 1 nitrogen and oxygen atoms in total. The zero-order chi connectivity index (χ0) is 11.4. The molecule has 0 spiro atoms. The monoisotopic (exact) mass is 354 g/mol. The number of halogens is 3. The van der Waals surface area contributed by atoms with E-state index >= 15 is 0 Å². The second kappa shape index (κ2) is 9.05. The van der Waals surface area contributed by atoms with Crippen molar-refractivity contribution in [3.8, 4) is 5.75 Å². The Hall–Kier alpha value is 0.0662. The summed E-state index contributed by atoms with van der Waals surface area (Å²) in [5.41, 5.74) is 1.04. The topological polar surface area (TPSA) is 9.23 Å². The van der Waals surface area contributed by atoms with Crippen molar-refractivity contribution in [2.75, 3.05) is 0 Å². The Labute approximate surface area is 143 Å². The molecule has 0 unspecified atom stereocenters. The number of rotatable bonds is 3. The summed E-state index contributed by atoms with van der Waals surface area (Å²) in [5.74, 6) is 0.595. The van der Waals surface area contributed by atoms with Crippen molar-refractivity contribution in [1.29, 1.82) is 0 Å². The third-order valence-electron chi connectivity index (χ3n) is 2.08. The molecule has 0 aliphatic carbocycles. The predicted octanol–water partition coefficient (Wildman–Crippen LogP) is 0.996. The van der Waals surface area contributed by atoms with Crippen LogP contribution < -0.4 is 21.7 Å². The van der Waals surface area contributed by atoms with E-state index in [-0.39, 0.29) is 40.0 Å². The summed E-state index contributed by atoms with van der Waals surface area (Å²) < 4.78 is 5.57.